The van der Waals surface area contributed by atoms with E-state index in [2.05, 4.69) is 4.98 Å². The lowest BCUT2D eigenvalue weighted by atomic mass is 10.2. The van der Waals surface area contributed by atoms with Crippen LogP contribution in [0.25, 0.3) is 11.3 Å². The number of pyridine rings is 1. The fourth-order valence-electron chi connectivity index (χ4n) is 0.979. The van der Waals surface area contributed by atoms with Gasteiger partial charge in [0.05, 0.1) is 18.2 Å². The molecule has 2 heterocycles. The number of furan rings is 1. The second-order valence-corrected chi connectivity index (χ2v) is 2.36. The summed E-state index contributed by atoms with van der Waals surface area (Å²) in [5.41, 5.74) is 1.37. The molecule has 3 heteroatoms. The Balaban J connectivity index is 2.48. The van der Waals surface area contributed by atoms with Crippen LogP contribution >= 0.6 is 0 Å². The molecule has 2 rings (SSSR count). The summed E-state index contributed by atoms with van der Waals surface area (Å²) in [5.74, 6) is -0.478. The van der Waals surface area contributed by atoms with Crippen molar-refractivity contribution < 1.29 is 8.81 Å². The van der Waals surface area contributed by atoms with Crippen LogP contribution in [-0.2, 0) is 0 Å². The second kappa shape index (κ2) is 2.77. The fraction of sp³-hybridized carbons (Fsp3) is 0. The van der Waals surface area contributed by atoms with Gasteiger partial charge in [-0.15, -0.1) is 0 Å². The van der Waals surface area contributed by atoms with E-state index in [1.165, 1.54) is 18.6 Å². The van der Waals surface area contributed by atoms with Gasteiger partial charge in [-0.05, 0) is 18.2 Å². The van der Waals surface area contributed by atoms with Crippen LogP contribution < -0.4 is 0 Å². The molecule has 0 fully saturated rings. The lowest BCUT2D eigenvalue weighted by Gasteiger charge is -1.93. The summed E-state index contributed by atoms with van der Waals surface area (Å²) in [6.07, 6.45) is 3.06. The van der Waals surface area contributed by atoms with Crippen molar-refractivity contribution in [3.8, 4) is 11.3 Å². The topological polar surface area (TPSA) is 26.0 Å². The highest BCUT2D eigenvalue weighted by molar-refractivity contribution is 5.56. The third-order valence-corrected chi connectivity index (χ3v) is 1.53. The summed E-state index contributed by atoms with van der Waals surface area (Å²) in [6.45, 7) is 0. The van der Waals surface area contributed by atoms with Crippen LogP contribution in [0.15, 0.2) is 41.2 Å². The summed E-state index contributed by atoms with van der Waals surface area (Å²) in [4.78, 5) is 3.69. The maximum atomic E-state index is 12.6. The summed E-state index contributed by atoms with van der Waals surface area (Å²) >= 11 is 0. The van der Waals surface area contributed by atoms with Gasteiger partial charge in [0.25, 0.3) is 0 Å². The highest BCUT2D eigenvalue weighted by Gasteiger charge is 2.00. The highest BCUT2D eigenvalue weighted by Crippen LogP contribution is 2.16. The molecule has 12 heavy (non-hydrogen) atoms. The maximum absolute atomic E-state index is 12.6. The molecule has 2 aromatic heterocycles. The lowest BCUT2D eigenvalue weighted by Crippen LogP contribution is -1.84. The highest BCUT2D eigenvalue weighted by atomic mass is 19.1. The summed E-state index contributed by atoms with van der Waals surface area (Å²) in [7, 11) is 0. The first-order chi connectivity index (χ1) is 5.86. The van der Waals surface area contributed by atoms with E-state index in [1.807, 2.05) is 0 Å². The summed E-state index contributed by atoms with van der Waals surface area (Å²) in [6, 6.07) is 6.39. The van der Waals surface area contributed by atoms with Crippen LogP contribution in [0.1, 0.15) is 0 Å². The molecule has 0 atom stereocenters. The number of nitrogens with zero attached hydrogens (tertiary/aromatic N) is 1. The van der Waals surface area contributed by atoms with Gasteiger partial charge < -0.3 is 4.42 Å². The third-order valence-electron chi connectivity index (χ3n) is 1.53. The molecule has 0 bridgehead atoms. The van der Waals surface area contributed by atoms with Gasteiger partial charge in [0, 0.05) is 5.56 Å². The first-order valence-corrected chi connectivity index (χ1v) is 3.51. The molecule has 0 aliphatic heterocycles. The molecule has 0 saturated heterocycles. The lowest BCUT2D eigenvalue weighted by molar-refractivity contribution is 0.567. The third kappa shape index (κ3) is 1.21. The van der Waals surface area contributed by atoms with Crippen LogP contribution in [0, 0.1) is 5.95 Å². The van der Waals surface area contributed by atoms with E-state index >= 15 is 0 Å². The normalized spacial score (nSPS) is 10.1. The molecular formula is C9H6FNO. The predicted octanol–water partition coefficient (Wildman–Crippen LogP) is 2.48. The van der Waals surface area contributed by atoms with Gasteiger partial charge in [-0.25, -0.2) is 4.98 Å². The van der Waals surface area contributed by atoms with E-state index in [9.17, 15) is 4.39 Å². The van der Waals surface area contributed by atoms with Crippen LogP contribution in [0.3, 0.4) is 0 Å². The monoisotopic (exact) mass is 163 g/mol. The first kappa shape index (κ1) is 7.03. The maximum Gasteiger partial charge on any atom is 0.213 e. The molecule has 60 valence electrons. The quantitative estimate of drug-likeness (QED) is 0.603. The van der Waals surface area contributed by atoms with Crippen molar-refractivity contribution >= 4 is 0 Å². The Morgan fingerprint density at radius 3 is 2.83 bits per heavy atom. The predicted molar refractivity (Wildman–Crippen MR) is 41.9 cm³/mol. The molecule has 0 radical (unpaired) electrons. The number of hydrogen-bond donors (Lipinski definition) is 0. The zero-order valence-corrected chi connectivity index (χ0v) is 6.20. The number of aromatic nitrogens is 1. The van der Waals surface area contributed by atoms with Crippen molar-refractivity contribution in [2.24, 2.45) is 0 Å². The van der Waals surface area contributed by atoms with E-state index < -0.39 is 5.95 Å². The van der Waals surface area contributed by atoms with Gasteiger partial charge in [0.2, 0.25) is 5.95 Å². The zero-order chi connectivity index (χ0) is 8.39. The second-order valence-electron chi connectivity index (χ2n) is 2.36. The molecule has 0 aliphatic carbocycles. The Morgan fingerprint density at radius 1 is 1.25 bits per heavy atom. The van der Waals surface area contributed by atoms with E-state index in [1.54, 1.807) is 18.2 Å². The van der Waals surface area contributed by atoms with Crippen molar-refractivity contribution in [2.75, 3.05) is 0 Å². The zero-order valence-electron chi connectivity index (χ0n) is 6.20. The van der Waals surface area contributed by atoms with Gasteiger partial charge in [-0.2, -0.15) is 4.39 Å². The van der Waals surface area contributed by atoms with Crippen LogP contribution in [-0.4, -0.2) is 4.98 Å². The minimum atomic E-state index is -0.478. The van der Waals surface area contributed by atoms with Crippen molar-refractivity contribution in [3.63, 3.8) is 0 Å². The standard InChI is InChI=1S/C9H6FNO/c10-9-3-1-2-8(11-9)7-4-5-12-6-7/h1-6H. The fourth-order valence-corrected chi connectivity index (χ4v) is 0.979. The average molecular weight is 163 g/mol. The minimum absolute atomic E-state index is 0.478. The van der Waals surface area contributed by atoms with Gasteiger partial charge in [-0.1, -0.05) is 6.07 Å². The first-order valence-electron chi connectivity index (χ1n) is 3.51. The van der Waals surface area contributed by atoms with Crippen molar-refractivity contribution in [3.05, 3.63) is 42.7 Å². The van der Waals surface area contributed by atoms with Crippen molar-refractivity contribution in [1.82, 2.24) is 4.98 Å². The Morgan fingerprint density at radius 2 is 2.17 bits per heavy atom. The Labute approximate surface area is 68.7 Å². The number of hydrogen-bond acceptors (Lipinski definition) is 2. The van der Waals surface area contributed by atoms with Crippen molar-refractivity contribution in [2.45, 2.75) is 0 Å². The summed E-state index contributed by atoms with van der Waals surface area (Å²) < 4.78 is 17.5. The van der Waals surface area contributed by atoms with Crippen LogP contribution in [0.5, 0.6) is 0 Å². The molecule has 0 N–H and O–H groups in total. The molecule has 0 unspecified atom stereocenters. The van der Waals surface area contributed by atoms with Gasteiger partial charge >= 0.3 is 0 Å². The number of halogens is 1. The Kier molecular flexibility index (Phi) is 1.63. The van der Waals surface area contributed by atoms with E-state index in [0.29, 0.717) is 5.69 Å². The molecule has 0 spiro atoms. The minimum Gasteiger partial charge on any atom is -0.472 e. The molecular weight excluding hydrogens is 157 g/mol. The molecule has 0 amide bonds. The van der Waals surface area contributed by atoms with E-state index in [-0.39, 0.29) is 0 Å². The smallest absolute Gasteiger partial charge is 0.213 e. The van der Waals surface area contributed by atoms with Crippen molar-refractivity contribution in [1.29, 1.82) is 0 Å². The van der Waals surface area contributed by atoms with E-state index in [0.717, 1.165) is 5.56 Å². The molecule has 0 saturated carbocycles. The van der Waals surface area contributed by atoms with Gasteiger partial charge in [0.15, 0.2) is 0 Å². The molecule has 0 aliphatic rings. The van der Waals surface area contributed by atoms with Crippen LogP contribution in [0.2, 0.25) is 0 Å². The van der Waals surface area contributed by atoms with Gasteiger partial charge in [0.1, 0.15) is 0 Å². The molecule has 2 aromatic rings. The Bertz CT molecular complexity index is 370. The average Bonchev–Trinajstić information content (AvgIpc) is 2.56. The molecule has 0 aromatic carbocycles. The van der Waals surface area contributed by atoms with Crippen LogP contribution in [0.4, 0.5) is 4.39 Å². The Hall–Kier alpha value is -1.64. The van der Waals surface area contributed by atoms with Gasteiger partial charge in [-0.3, -0.25) is 0 Å². The van der Waals surface area contributed by atoms with E-state index in [4.69, 9.17) is 4.42 Å². The number of rotatable bonds is 1. The molecule has 2 nitrogen and oxygen atoms in total. The largest absolute Gasteiger partial charge is 0.472 e. The summed E-state index contributed by atoms with van der Waals surface area (Å²) in [5, 5.41) is 0. The SMILES string of the molecule is Fc1cccc(-c2ccoc2)n1.